The van der Waals surface area contributed by atoms with Crippen LogP contribution in [0, 0.1) is 11.3 Å². The molecule has 0 aromatic carbocycles. The van der Waals surface area contributed by atoms with Crippen molar-refractivity contribution in [3.8, 4) is 0 Å². The Kier molecular flexibility index (Phi) is 14.0. The number of likely N-dealkylation sites (tertiary alicyclic amines) is 1. The van der Waals surface area contributed by atoms with Crippen LogP contribution < -0.4 is 5.32 Å². The Morgan fingerprint density at radius 3 is 2.42 bits per heavy atom. The summed E-state index contributed by atoms with van der Waals surface area (Å²) in [4.78, 5) is 7.34. The SMILES string of the molecule is CCNC(=NCC(C)(C)CC(C)C)N1CCC(OCCCOC)CC1.I. The van der Waals surface area contributed by atoms with Crippen molar-refractivity contribution in [2.75, 3.05) is 46.5 Å². The summed E-state index contributed by atoms with van der Waals surface area (Å²) in [6, 6.07) is 0. The molecule has 1 aliphatic rings. The van der Waals surface area contributed by atoms with E-state index < -0.39 is 0 Å². The molecule has 1 aliphatic heterocycles. The number of hydrogen-bond acceptors (Lipinski definition) is 3. The zero-order valence-corrected chi connectivity index (χ0v) is 20.2. The summed E-state index contributed by atoms with van der Waals surface area (Å²) in [5, 5.41) is 3.47. The molecule has 0 unspecified atom stereocenters. The van der Waals surface area contributed by atoms with Crippen molar-refractivity contribution in [3.05, 3.63) is 0 Å². The van der Waals surface area contributed by atoms with Crippen LogP contribution in [0.5, 0.6) is 0 Å². The molecule has 1 fully saturated rings. The van der Waals surface area contributed by atoms with Gasteiger partial charge >= 0.3 is 0 Å². The highest BCUT2D eigenvalue weighted by molar-refractivity contribution is 14.0. The van der Waals surface area contributed by atoms with Crippen LogP contribution in [0.3, 0.4) is 0 Å². The van der Waals surface area contributed by atoms with E-state index >= 15 is 0 Å². The number of aliphatic imine (C=N–C) groups is 1. The highest BCUT2D eigenvalue weighted by Gasteiger charge is 2.23. The third-order valence-corrected chi connectivity index (χ3v) is 4.54. The second-order valence-corrected chi connectivity index (χ2v) is 8.34. The normalized spacial score (nSPS) is 16.7. The van der Waals surface area contributed by atoms with Gasteiger partial charge in [-0.05, 0) is 43.9 Å². The molecule has 0 saturated carbocycles. The highest BCUT2D eigenvalue weighted by atomic mass is 127. The molecule has 0 aromatic heterocycles. The number of methoxy groups -OCH3 is 1. The van der Waals surface area contributed by atoms with E-state index in [4.69, 9.17) is 14.5 Å². The van der Waals surface area contributed by atoms with Crippen molar-refractivity contribution in [2.45, 2.75) is 66.4 Å². The fraction of sp³-hybridized carbons (Fsp3) is 0.950. The van der Waals surface area contributed by atoms with Crippen molar-refractivity contribution in [3.63, 3.8) is 0 Å². The van der Waals surface area contributed by atoms with E-state index in [1.54, 1.807) is 7.11 Å². The lowest BCUT2D eigenvalue weighted by Gasteiger charge is -2.35. The van der Waals surface area contributed by atoms with Gasteiger partial charge in [0.2, 0.25) is 0 Å². The van der Waals surface area contributed by atoms with Gasteiger partial charge in [-0.1, -0.05) is 27.7 Å². The standard InChI is InChI=1S/C20H41N3O2.HI/c1-7-21-19(22-16-20(4,5)15-17(2)3)23-11-9-18(10-12-23)25-14-8-13-24-6;/h17-18H,7-16H2,1-6H3,(H,21,22);1H. The Morgan fingerprint density at radius 2 is 1.88 bits per heavy atom. The molecular formula is C20H42IN3O2. The highest BCUT2D eigenvalue weighted by Crippen LogP contribution is 2.25. The third kappa shape index (κ3) is 10.9. The van der Waals surface area contributed by atoms with Crippen LogP contribution in [0.4, 0.5) is 0 Å². The van der Waals surface area contributed by atoms with Crippen LogP contribution in [0.25, 0.3) is 0 Å². The van der Waals surface area contributed by atoms with Crippen LogP contribution in [0.2, 0.25) is 0 Å². The van der Waals surface area contributed by atoms with Crippen molar-refractivity contribution >= 4 is 29.9 Å². The Hall–Kier alpha value is -0.0800. The average molecular weight is 483 g/mol. The first-order valence-electron chi connectivity index (χ1n) is 10.0. The lowest BCUT2D eigenvalue weighted by atomic mass is 9.84. The van der Waals surface area contributed by atoms with Gasteiger partial charge in [0.05, 0.1) is 6.10 Å². The first-order valence-corrected chi connectivity index (χ1v) is 10.0. The number of piperidine rings is 1. The van der Waals surface area contributed by atoms with Crippen LogP contribution >= 0.6 is 24.0 Å². The molecule has 6 heteroatoms. The zero-order valence-electron chi connectivity index (χ0n) is 17.8. The minimum atomic E-state index is 0. The molecule has 0 radical (unpaired) electrons. The fourth-order valence-corrected chi connectivity index (χ4v) is 3.57. The van der Waals surface area contributed by atoms with Gasteiger partial charge in [-0.25, -0.2) is 0 Å². The van der Waals surface area contributed by atoms with Crippen LogP contribution in [-0.4, -0.2) is 63.5 Å². The topological polar surface area (TPSA) is 46.1 Å². The van der Waals surface area contributed by atoms with Gasteiger partial charge in [0.1, 0.15) is 0 Å². The summed E-state index contributed by atoms with van der Waals surface area (Å²) in [7, 11) is 1.74. The first-order chi connectivity index (χ1) is 11.9. The number of nitrogens with zero attached hydrogens (tertiary/aromatic N) is 2. The molecule has 1 rings (SSSR count). The molecule has 5 nitrogen and oxygen atoms in total. The molecule has 156 valence electrons. The molecule has 0 amide bonds. The maximum Gasteiger partial charge on any atom is 0.193 e. The van der Waals surface area contributed by atoms with Crippen molar-refractivity contribution in [1.29, 1.82) is 0 Å². The van der Waals surface area contributed by atoms with Gasteiger partial charge < -0.3 is 19.7 Å². The zero-order chi connectivity index (χ0) is 18.7. The predicted molar refractivity (Wildman–Crippen MR) is 122 cm³/mol. The summed E-state index contributed by atoms with van der Waals surface area (Å²) >= 11 is 0. The number of halogens is 1. The Morgan fingerprint density at radius 1 is 1.23 bits per heavy atom. The van der Waals surface area contributed by atoms with Crippen molar-refractivity contribution in [2.24, 2.45) is 16.3 Å². The van der Waals surface area contributed by atoms with Gasteiger partial charge in [-0.3, -0.25) is 4.99 Å². The van der Waals surface area contributed by atoms with Crippen LogP contribution in [0.1, 0.15) is 60.3 Å². The number of hydrogen-bond donors (Lipinski definition) is 1. The fourth-order valence-electron chi connectivity index (χ4n) is 3.57. The molecule has 0 spiro atoms. The van der Waals surface area contributed by atoms with E-state index in [-0.39, 0.29) is 29.4 Å². The predicted octanol–water partition coefficient (Wildman–Crippen LogP) is 4.16. The maximum atomic E-state index is 5.96. The first kappa shape index (κ1) is 25.9. The second kappa shape index (κ2) is 14.0. The van der Waals surface area contributed by atoms with Crippen LogP contribution in [-0.2, 0) is 9.47 Å². The molecule has 1 N–H and O–H groups in total. The van der Waals surface area contributed by atoms with Crippen LogP contribution in [0.15, 0.2) is 4.99 Å². The van der Waals surface area contributed by atoms with Gasteiger partial charge in [0, 0.05) is 46.5 Å². The van der Waals surface area contributed by atoms with E-state index in [0.717, 1.165) is 64.6 Å². The van der Waals surface area contributed by atoms with Crippen molar-refractivity contribution < 1.29 is 9.47 Å². The Labute approximate surface area is 178 Å². The number of guanidine groups is 1. The summed E-state index contributed by atoms with van der Waals surface area (Å²) in [6.45, 7) is 16.8. The van der Waals surface area contributed by atoms with E-state index in [1.165, 1.54) is 6.42 Å². The van der Waals surface area contributed by atoms with E-state index in [2.05, 4.69) is 44.8 Å². The van der Waals surface area contributed by atoms with Crippen molar-refractivity contribution in [1.82, 2.24) is 10.2 Å². The number of nitrogens with one attached hydrogen (secondary N) is 1. The monoisotopic (exact) mass is 483 g/mol. The maximum absolute atomic E-state index is 5.96. The Bertz CT molecular complexity index is 381. The van der Waals surface area contributed by atoms with Gasteiger partial charge in [-0.15, -0.1) is 24.0 Å². The van der Waals surface area contributed by atoms with Gasteiger partial charge in [0.25, 0.3) is 0 Å². The molecule has 1 saturated heterocycles. The smallest absolute Gasteiger partial charge is 0.193 e. The summed E-state index contributed by atoms with van der Waals surface area (Å²) in [5.41, 5.74) is 0.248. The third-order valence-electron chi connectivity index (χ3n) is 4.54. The van der Waals surface area contributed by atoms with E-state index in [9.17, 15) is 0 Å². The second-order valence-electron chi connectivity index (χ2n) is 8.34. The molecular weight excluding hydrogens is 441 g/mol. The van der Waals surface area contributed by atoms with Gasteiger partial charge in [-0.2, -0.15) is 0 Å². The quantitative estimate of drug-likeness (QED) is 0.219. The number of rotatable bonds is 10. The number of ether oxygens (including phenoxy) is 2. The minimum Gasteiger partial charge on any atom is -0.385 e. The Balaban J connectivity index is 0.00000625. The summed E-state index contributed by atoms with van der Waals surface area (Å²) < 4.78 is 11.0. The molecule has 1 heterocycles. The summed E-state index contributed by atoms with van der Waals surface area (Å²) in [5.74, 6) is 1.77. The molecule has 0 bridgehead atoms. The molecule has 26 heavy (non-hydrogen) atoms. The van der Waals surface area contributed by atoms with E-state index in [1.807, 2.05) is 0 Å². The lowest BCUT2D eigenvalue weighted by Crippen LogP contribution is -2.47. The van der Waals surface area contributed by atoms with Gasteiger partial charge in [0.15, 0.2) is 5.96 Å². The molecule has 0 aromatic rings. The summed E-state index contributed by atoms with van der Waals surface area (Å²) in [6.07, 6.45) is 4.71. The average Bonchev–Trinajstić information content (AvgIpc) is 2.55. The minimum absolute atomic E-state index is 0. The van der Waals surface area contributed by atoms with E-state index in [0.29, 0.717) is 12.0 Å². The largest absolute Gasteiger partial charge is 0.385 e. The molecule has 0 atom stereocenters. The molecule has 0 aliphatic carbocycles. The lowest BCUT2D eigenvalue weighted by molar-refractivity contribution is 0.00987.